The minimum absolute atomic E-state index is 0.0242. The fourth-order valence-corrected chi connectivity index (χ4v) is 1.78. The van der Waals surface area contributed by atoms with Gasteiger partial charge in [0.1, 0.15) is 0 Å². The fourth-order valence-electron chi connectivity index (χ4n) is 1.65. The van der Waals surface area contributed by atoms with Crippen LogP contribution >= 0.6 is 11.6 Å². The standard InChI is InChI=1S/C15H14ClNO/c16-13-9-6-12(7-10-13)8-11-15(18)17-14-4-2-1-3-5-14/h1-7,9-10H,8,11H2,(H,17,18). The van der Waals surface area contributed by atoms with Crippen LogP contribution < -0.4 is 5.32 Å². The average molecular weight is 260 g/mol. The fraction of sp³-hybridized carbons (Fsp3) is 0.133. The third kappa shape index (κ3) is 3.90. The molecule has 0 saturated carbocycles. The summed E-state index contributed by atoms with van der Waals surface area (Å²) < 4.78 is 0. The number of hydrogen-bond acceptors (Lipinski definition) is 1. The van der Waals surface area contributed by atoms with E-state index in [2.05, 4.69) is 5.32 Å². The number of halogens is 1. The molecular weight excluding hydrogens is 246 g/mol. The van der Waals surface area contributed by atoms with Crippen LogP contribution in [-0.4, -0.2) is 5.91 Å². The summed E-state index contributed by atoms with van der Waals surface area (Å²) in [6, 6.07) is 17.0. The summed E-state index contributed by atoms with van der Waals surface area (Å²) in [6.07, 6.45) is 1.19. The van der Waals surface area contributed by atoms with Gasteiger partial charge in [-0.15, -0.1) is 0 Å². The summed E-state index contributed by atoms with van der Waals surface area (Å²) in [7, 11) is 0. The Labute approximate surface area is 112 Å². The number of carbonyl (C=O) groups excluding carboxylic acids is 1. The van der Waals surface area contributed by atoms with Crippen molar-refractivity contribution >= 4 is 23.2 Å². The molecule has 18 heavy (non-hydrogen) atoms. The minimum atomic E-state index is 0.0242. The zero-order valence-corrected chi connectivity index (χ0v) is 10.7. The van der Waals surface area contributed by atoms with Crippen LogP contribution in [0.3, 0.4) is 0 Å². The molecule has 2 nitrogen and oxygen atoms in total. The third-order valence-corrected chi connectivity index (χ3v) is 2.86. The molecule has 0 saturated heterocycles. The Kier molecular flexibility index (Phi) is 4.37. The molecule has 0 heterocycles. The summed E-state index contributed by atoms with van der Waals surface area (Å²) >= 11 is 5.80. The Morgan fingerprint density at radius 2 is 1.67 bits per heavy atom. The molecule has 2 aromatic rings. The highest BCUT2D eigenvalue weighted by molar-refractivity contribution is 6.30. The molecule has 92 valence electrons. The Bertz CT molecular complexity index is 508. The highest BCUT2D eigenvalue weighted by atomic mass is 35.5. The molecule has 2 aromatic carbocycles. The number of amides is 1. The van der Waals surface area contributed by atoms with Crippen molar-refractivity contribution in [2.24, 2.45) is 0 Å². The van der Waals surface area contributed by atoms with Gasteiger partial charge in [-0.05, 0) is 36.2 Å². The van der Waals surface area contributed by atoms with Gasteiger partial charge in [-0.3, -0.25) is 4.79 Å². The lowest BCUT2D eigenvalue weighted by atomic mass is 10.1. The first-order chi connectivity index (χ1) is 8.74. The lowest BCUT2D eigenvalue weighted by Gasteiger charge is -2.05. The zero-order valence-electron chi connectivity index (χ0n) is 9.90. The van der Waals surface area contributed by atoms with Crippen LogP contribution in [0.4, 0.5) is 5.69 Å². The van der Waals surface area contributed by atoms with Gasteiger partial charge in [-0.2, -0.15) is 0 Å². The smallest absolute Gasteiger partial charge is 0.224 e. The van der Waals surface area contributed by atoms with Crippen molar-refractivity contribution in [1.82, 2.24) is 0 Å². The molecule has 0 aromatic heterocycles. The van der Waals surface area contributed by atoms with E-state index in [0.717, 1.165) is 17.7 Å². The summed E-state index contributed by atoms with van der Waals surface area (Å²) in [5.41, 5.74) is 1.95. The molecule has 0 atom stereocenters. The van der Waals surface area contributed by atoms with Gasteiger partial charge in [-0.1, -0.05) is 41.9 Å². The molecule has 1 amide bonds. The zero-order chi connectivity index (χ0) is 12.8. The van der Waals surface area contributed by atoms with E-state index in [1.165, 1.54) is 0 Å². The summed E-state index contributed by atoms with van der Waals surface area (Å²) in [5.74, 6) is 0.0242. The molecule has 0 aliphatic heterocycles. The lowest BCUT2D eigenvalue weighted by Crippen LogP contribution is -2.12. The van der Waals surface area contributed by atoms with E-state index in [1.807, 2.05) is 54.6 Å². The predicted octanol–water partition coefficient (Wildman–Crippen LogP) is 3.91. The van der Waals surface area contributed by atoms with Crippen molar-refractivity contribution in [3.05, 3.63) is 65.2 Å². The monoisotopic (exact) mass is 259 g/mol. The number of anilines is 1. The Hall–Kier alpha value is -1.80. The molecule has 0 radical (unpaired) electrons. The van der Waals surface area contributed by atoms with Crippen molar-refractivity contribution < 1.29 is 4.79 Å². The average Bonchev–Trinajstić information content (AvgIpc) is 2.39. The van der Waals surface area contributed by atoms with Crippen LogP contribution in [0.2, 0.25) is 5.02 Å². The molecule has 0 spiro atoms. The highest BCUT2D eigenvalue weighted by Crippen LogP contribution is 2.12. The van der Waals surface area contributed by atoms with E-state index in [-0.39, 0.29) is 5.91 Å². The topological polar surface area (TPSA) is 29.1 Å². The predicted molar refractivity (Wildman–Crippen MR) is 74.8 cm³/mol. The molecule has 0 unspecified atom stereocenters. The molecule has 0 aliphatic rings. The summed E-state index contributed by atoms with van der Waals surface area (Å²) in [4.78, 5) is 11.7. The van der Waals surface area contributed by atoms with Gasteiger partial charge in [0.05, 0.1) is 0 Å². The maximum atomic E-state index is 11.7. The second-order valence-electron chi connectivity index (χ2n) is 4.04. The Morgan fingerprint density at radius 1 is 1.00 bits per heavy atom. The highest BCUT2D eigenvalue weighted by Gasteiger charge is 2.02. The van der Waals surface area contributed by atoms with Crippen LogP contribution in [0.1, 0.15) is 12.0 Å². The Balaban J connectivity index is 1.83. The molecule has 0 fully saturated rings. The Morgan fingerprint density at radius 3 is 2.33 bits per heavy atom. The van der Waals surface area contributed by atoms with Crippen LogP contribution in [0, 0.1) is 0 Å². The summed E-state index contributed by atoms with van der Waals surface area (Å²) in [5, 5.41) is 3.57. The van der Waals surface area contributed by atoms with Gasteiger partial charge in [0.2, 0.25) is 5.91 Å². The van der Waals surface area contributed by atoms with Crippen molar-refractivity contribution in [2.45, 2.75) is 12.8 Å². The lowest BCUT2D eigenvalue weighted by molar-refractivity contribution is -0.116. The molecule has 0 aliphatic carbocycles. The quantitative estimate of drug-likeness (QED) is 0.886. The third-order valence-electron chi connectivity index (χ3n) is 2.61. The number of para-hydroxylation sites is 1. The van der Waals surface area contributed by atoms with Crippen LogP contribution in [-0.2, 0) is 11.2 Å². The van der Waals surface area contributed by atoms with Gasteiger partial charge >= 0.3 is 0 Å². The van der Waals surface area contributed by atoms with Gasteiger partial charge in [0, 0.05) is 17.1 Å². The maximum Gasteiger partial charge on any atom is 0.224 e. The maximum absolute atomic E-state index is 11.7. The van der Waals surface area contributed by atoms with Gasteiger partial charge < -0.3 is 5.32 Å². The second kappa shape index (κ2) is 6.22. The van der Waals surface area contributed by atoms with Gasteiger partial charge in [-0.25, -0.2) is 0 Å². The molecule has 0 bridgehead atoms. The minimum Gasteiger partial charge on any atom is -0.326 e. The van der Waals surface area contributed by atoms with E-state index in [9.17, 15) is 4.79 Å². The second-order valence-corrected chi connectivity index (χ2v) is 4.48. The molecule has 2 rings (SSSR count). The van der Waals surface area contributed by atoms with Crippen molar-refractivity contribution in [3.8, 4) is 0 Å². The van der Waals surface area contributed by atoms with Crippen LogP contribution in [0.5, 0.6) is 0 Å². The van der Waals surface area contributed by atoms with Crippen molar-refractivity contribution in [1.29, 1.82) is 0 Å². The van der Waals surface area contributed by atoms with Crippen molar-refractivity contribution in [3.63, 3.8) is 0 Å². The van der Waals surface area contributed by atoms with Crippen LogP contribution in [0.15, 0.2) is 54.6 Å². The largest absolute Gasteiger partial charge is 0.326 e. The first-order valence-corrected chi connectivity index (χ1v) is 6.21. The molecular formula is C15H14ClNO. The number of carbonyl (C=O) groups is 1. The number of rotatable bonds is 4. The van der Waals surface area contributed by atoms with E-state index in [1.54, 1.807) is 0 Å². The van der Waals surface area contributed by atoms with Gasteiger partial charge in [0.15, 0.2) is 0 Å². The first-order valence-electron chi connectivity index (χ1n) is 5.83. The van der Waals surface area contributed by atoms with Crippen molar-refractivity contribution in [2.75, 3.05) is 5.32 Å². The normalized spacial score (nSPS) is 10.1. The first kappa shape index (κ1) is 12.7. The van der Waals surface area contributed by atoms with Gasteiger partial charge in [0.25, 0.3) is 0 Å². The number of aryl methyl sites for hydroxylation is 1. The number of hydrogen-bond donors (Lipinski definition) is 1. The van der Waals surface area contributed by atoms with Crippen LogP contribution in [0.25, 0.3) is 0 Å². The number of benzene rings is 2. The van der Waals surface area contributed by atoms with E-state index < -0.39 is 0 Å². The summed E-state index contributed by atoms with van der Waals surface area (Å²) in [6.45, 7) is 0. The van der Waals surface area contributed by atoms with E-state index in [4.69, 9.17) is 11.6 Å². The molecule has 1 N–H and O–H groups in total. The van der Waals surface area contributed by atoms with E-state index in [0.29, 0.717) is 11.4 Å². The molecule has 3 heteroatoms. The SMILES string of the molecule is O=C(CCc1ccc(Cl)cc1)Nc1ccccc1. The van der Waals surface area contributed by atoms with E-state index >= 15 is 0 Å². The number of nitrogens with one attached hydrogen (secondary N) is 1.